The zero-order valence-corrected chi connectivity index (χ0v) is 14.0. The van der Waals surface area contributed by atoms with Gasteiger partial charge in [-0.3, -0.25) is 9.69 Å². The Balaban J connectivity index is 1.54. The SMILES string of the molecule is CC(C)(C)C(=O)N1CCCN(Cc2cc(C3CC3)on2)CC1. The maximum absolute atomic E-state index is 12.4. The van der Waals surface area contributed by atoms with Gasteiger partial charge in [-0.05, 0) is 19.3 Å². The summed E-state index contributed by atoms with van der Waals surface area (Å²) in [5.74, 6) is 1.92. The van der Waals surface area contributed by atoms with E-state index in [2.05, 4.69) is 16.1 Å². The van der Waals surface area contributed by atoms with Crippen molar-refractivity contribution in [2.45, 2.75) is 52.5 Å². The van der Waals surface area contributed by atoms with Crippen molar-refractivity contribution in [3.8, 4) is 0 Å². The van der Waals surface area contributed by atoms with Crippen molar-refractivity contribution in [3.63, 3.8) is 0 Å². The maximum Gasteiger partial charge on any atom is 0.227 e. The van der Waals surface area contributed by atoms with E-state index < -0.39 is 0 Å². The summed E-state index contributed by atoms with van der Waals surface area (Å²) in [6.45, 7) is 10.4. The van der Waals surface area contributed by atoms with Crippen molar-refractivity contribution in [2.24, 2.45) is 5.41 Å². The number of nitrogens with zero attached hydrogens (tertiary/aromatic N) is 3. The summed E-state index contributed by atoms with van der Waals surface area (Å²) in [7, 11) is 0. The van der Waals surface area contributed by atoms with Gasteiger partial charge in [0.05, 0.1) is 5.69 Å². The van der Waals surface area contributed by atoms with Gasteiger partial charge in [-0.15, -0.1) is 0 Å². The lowest BCUT2D eigenvalue weighted by Gasteiger charge is -2.28. The molecule has 0 unspecified atom stereocenters. The molecule has 1 saturated carbocycles. The van der Waals surface area contributed by atoms with Crippen LogP contribution in [-0.2, 0) is 11.3 Å². The maximum atomic E-state index is 12.4. The summed E-state index contributed by atoms with van der Waals surface area (Å²) in [4.78, 5) is 16.8. The number of carbonyl (C=O) groups excluding carboxylic acids is 1. The van der Waals surface area contributed by atoms with E-state index in [0.29, 0.717) is 5.92 Å². The second kappa shape index (κ2) is 6.03. The van der Waals surface area contributed by atoms with Gasteiger partial charge in [0.1, 0.15) is 5.76 Å². The van der Waals surface area contributed by atoms with Crippen LogP contribution in [0.2, 0.25) is 0 Å². The first-order valence-electron chi connectivity index (χ1n) is 8.41. The van der Waals surface area contributed by atoms with Crippen LogP contribution in [0, 0.1) is 5.41 Å². The highest BCUT2D eigenvalue weighted by Crippen LogP contribution is 2.40. The van der Waals surface area contributed by atoms with Crippen LogP contribution in [0.1, 0.15) is 57.4 Å². The van der Waals surface area contributed by atoms with E-state index in [-0.39, 0.29) is 11.3 Å². The zero-order valence-electron chi connectivity index (χ0n) is 14.0. The fourth-order valence-corrected chi connectivity index (χ4v) is 3.00. The molecule has 3 rings (SSSR count). The fraction of sp³-hybridized carbons (Fsp3) is 0.765. The minimum absolute atomic E-state index is 0.256. The Bertz CT molecular complexity index is 528. The molecule has 1 aliphatic carbocycles. The molecule has 1 aromatic heterocycles. The average molecular weight is 305 g/mol. The summed E-state index contributed by atoms with van der Waals surface area (Å²) in [6, 6.07) is 2.11. The molecule has 2 aliphatic rings. The van der Waals surface area contributed by atoms with Crippen LogP contribution in [0.5, 0.6) is 0 Å². The summed E-state index contributed by atoms with van der Waals surface area (Å²) < 4.78 is 5.42. The van der Waals surface area contributed by atoms with E-state index in [9.17, 15) is 4.79 Å². The molecule has 1 amide bonds. The van der Waals surface area contributed by atoms with Crippen LogP contribution >= 0.6 is 0 Å². The third kappa shape index (κ3) is 3.69. The number of aromatic nitrogens is 1. The second-order valence-corrected chi connectivity index (χ2v) is 7.67. The molecule has 0 aromatic carbocycles. The molecule has 122 valence electrons. The van der Waals surface area contributed by atoms with Crippen LogP contribution in [0.3, 0.4) is 0 Å². The summed E-state index contributed by atoms with van der Waals surface area (Å²) in [5, 5.41) is 4.20. The summed E-state index contributed by atoms with van der Waals surface area (Å²) >= 11 is 0. The number of rotatable bonds is 3. The van der Waals surface area contributed by atoms with E-state index in [1.807, 2.05) is 25.7 Å². The molecule has 1 aromatic rings. The zero-order chi connectivity index (χ0) is 15.7. The van der Waals surface area contributed by atoms with Gasteiger partial charge in [0.25, 0.3) is 0 Å². The van der Waals surface area contributed by atoms with Crippen molar-refractivity contribution in [2.75, 3.05) is 26.2 Å². The number of hydrogen-bond donors (Lipinski definition) is 0. The minimum Gasteiger partial charge on any atom is -0.361 e. The highest BCUT2D eigenvalue weighted by atomic mass is 16.5. The Hall–Kier alpha value is -1.36. The number of hydrogen-bond acceptors (Lipinski definition) is 4. The van der Waals surface area contributed by atoms with E-state index in [0.717, 1.165) is 50.6 Å². The summed E-state index contributed by atoms with van der Waals surface area (Å²) in [5.41, 5.74) is 0.734. The Morgan fingerprint density at radius 3 is 2.73 bits per heavy atom. The van der Waals surface area contributed by atoms with E-state index in [4.69, 9.17) is 4.52 Å². The van der Waals surface area contributed by atoms with Gasteiger partial charge in [-0.1, -0.05) is 25.9 Å². The van der Waals surface area contributed by atoms with Gasteiger partial charge in [0, 0.05) is 50.1 Å². The van der Waals surface area contributed by atoms with Crippen LogP contribution in [0.25, 0.3) is 0 Å². The molecular weight excluding hydrogens is 278 g/mol. The number of carbonyl (C=O) groups is 1. The first-order chi connectivity index (χ1) is 10.4. The Morgan fingerprint density at radius 2 is 2.05 bits per heavy atom. The van der Waals surface area contributed by atoms with Crippen LogP contribution in [0.15, 0.2) is 10.6 Å². The highest BCUT2D eigenvalue weighted by molar-refractivity contribution is 5.81. The van der Waals surface area contributed by atoms with Crippen LogP contribution in [0.4, 0.5) is 0 Å². The second-order valence-electron chi connectivity index (χ2n) is 7.67. The van der Waals surface area contributed by atoms with Gasteiger partial charge < -0.3 is 9.42 Å². The lowest BCUT2D eigenvalue weighted by atomic mass is 9.94. The van der Waals surface area contributed by atoms with Gasteiger partial charge in [-0.25, -0.2) is 0 Å². The molecule has 1 saturated heterocycles. The topological polar surface area (TPSA) is 49.6 Å². The molecule has 1 aliphatic heterocycles. The molecular formula is C17H27N3O2. The van der Waals surface area contributed by atoms with Gasteiger partial charge in [0.2, 0.25) is 5.91 Å². The standard InChI is InChI=1S/C17H27N3O2/c1-17(2,3)16(21)20-8-4-7-19(9-10-20)12-14-11-15(22-18-14)13-5-6-13/h11,13H,4-10,12H2,1-3H3. The number of amides is 1. The molecule has 5 nitrogen and oxygen atoms in total. The predicted molar refractivity (Wildman–Crippen MR) is 84.4 cm³/mol. The Kier molecular flexibility index (Phi) is 4.26. The largest absolute Gasteiger partial charge is 0.361 e. The van der Waals surface area contributed by atoms with Crippen molar-refractivity contribution in [1.29, 1.82) is 0 Å². The summed E-state index contributed by atoms with van der Waals surface area (Å²) in [6.07, 6.45) is 3.50. The monoisotopic (exact) mass is 305 g/mol. The normalized spacial score (nSPS) is 21.0. The first kappa shape index (κ1) is 15.5. The van der Waals surface area contributed by atoms with Crippen molar-refractivity contribution < 1.29 is 9.32 Å². The molecule has 2 heterocycles. The van der Waals surface area contributed by atoms with E-state index in [1.165, 1.54) is 12.8 Å². The third-order valence-electron chi connectivity index (χ3n) is 4.46. The first-order valence-corrected chi connectivity index (χ1v) is 8.41. The molecule has 2 fully saturated rings. The highest BCUT2D eigenvalue weighted by Gasteiger charge is 2.30. The molecule has 22 heavy (non-hydrogen) atoms. The fourth-order valence-electron chi connectivity index (χ4n) is 3.00. The molecule has 0 N–H and O–H groups in total. The molecule has 0 radical (unpaired) electrons. The molecule has 5 heteroatoms. The lowest BCUT2D eigenvalue weighted by molar-refractivity contribution is -0.139. The van der Waals surface area contributed by atoms with Crippen molar-refractivity contribution >= 4 is 5.91 Å². The van der Waals surface area contributed by atoms with Gasteiger partial charge >= 0.3 is 0 Å². The van der Waals surface area contributed by atoms with Crippen molar-refractivity contribution in [3.05, 3.63) is 17.5 Å². The van der Waals surface area contributed by atoms with Crippen LogP contribution < -0.4 is 0 Å². The van der Waals surface area contributed by atoms with Crippen molar-refractivity contribution in [1.82, 2.24) is 15.0 Å². The quantitative estimate of drug-likeness (QED) is 0.861. The molecule has 0 atom stereocenters. The molecule has 0 spiro atoms. The Labute approximate surface area is 132 Å². The predicted octanol–water partition coefficient (Wildman–Crippen LogP) is 2.63. The van der Waals surface area contributed by atoms with E-state index in [1.54, 1.807) is 0 Å². The third-order valence-corrected chi connectivity index (χ3v) is 4.46. The van der Waals surface area contributed by atoms with Gasteiger partial charge in [0.15, 0.2) is 0 Å². The van der Waals surface area contributed by atoms with Gasteiger partial charge in [-0.2, -0.15) is 0 Å². The minimum atomic E-state index is -0.291. The lowest BCUT2D eigenvalue weighted by Crippen LogP contribution is -2.41. The molecule has 0 bridgehead atoms. The Morgan fingerprint density at radius 1 is 1.27 bits per heavy atom. The van der Waals surface area contributed by atoms with E-state index >= 15 is 0 Å². The van der Waals surface area contributed by atoms with Crippen LogP contribution in [-0.4, -0.2) is 47.0 Å². The average Bonchev–Trinajstić information content (AvgIpc) is 3.23. The smallest absolute Gasteiger partial charge is 0.227 e.